The largest absolute Gasteiger partial charge is 0.387 e. The molecule has 0 radical (unpaired) electrons. The minimum atomic E-state index is -1.02. The van der Waals surface area contributed by atoms with Crippen molar-refractivity contribution >= 4 is 17.6 Å². The smallest absolute Gasteiger partial charge is 0.315 e. The fourth-order valence-electron chi connectivity index (χ4n) is 1.96. The van der Waals surface area contributed by atoms with Crippen molar-refractivity contribution in [2.45, 2.75) is 19.6 Å². The molecular formula is C16H17ClFN3O2. The van der Waals surface area contributed by atoms with E-state index < -0.39 is 18.0 Å². The van der Waals surface area contributed by atoms with Gasteiger partial charge in [-0.05, 0) is 36.8 Å². The quantitative estimate of drug-likeness (QED) is 0.785. The molecule has 7 heteroatoms. The fraction of sp³-hybridized carbons (Fsp3) is 0.250. The molecule has 2 rings (SSSR count). The molecule has 0 aliphatic heterocycles. The van der Waals surface area contributed by atoms with E-state index in [0.717, 1.165) is 17.5 Å². The standard InChI is InChI=1S/C16H17ClFN3O2/c1-10-3-2-4-12(21-10)8-19-16(23)20-9-15(22)11-5-6-13(17)14(18)7-11/h2-7,15,22H,8-9H2,1H3,(H2,19,20,23)/t15-/m1/s1. The number of aryl methyl sites for hydroxylation is 1. The molecule has 23 heavy (non-hydrogen) atoms. The number of carbonyl (C=O) groups is 1. The second kappa shape index (κ2) is 7.89. The van der Waals surface area contributed by atoms with Crippen molar-refractivity contribution in [2.75, 3.05) is 6.54 Å². The zero-order chi connectivity index (χ0) is 16.8. The number of nitrogens with one attached hydrogen (secondary N) is 2. The number of pyridine rings is 1. The fourth-order valence-corrected chi connectivity index (χ4v) is 2.08. The molecule has 122 valence electrons. The average Bonchev–Trinajstić information content (AvgIpc) is 2.53. The number of hydrogen-bond donors (Lipinski definition) is 3. The van der Waals surface area contributed by atoms with Gasteiger partial charge in [0.15, 0.2) is 0 Å². The Morgan fingerprint density at radius 2 is 2.13 bits per heavy atom. The molecule has 5 nitrogen and oxygen atoms in total. The van der Waals surface area contributed by atoms with E-state index in [2.05, 4.69) is 15.6 Å². The van der Waals surface area contributed by atoms with E-state index in [0.29, 0.717) is 5.56 Å². The van der Waals surface area contributed by atoms with Crippen LogP contribution in [0.25, 0.3) is 0 Å². The third kappa shape index (κ3) is 5.19. The number of carbonyl (C=O) groups excluding carboxylic acids is 1. The van der Waals surface area contributed by atoms with Crippen LogP contribution in [-0.4, -0.2) is 22.7 Å². The molecular weight excluding hydrogens is 321 g/mol. The zero-order valence-corrected chi connectivity index (χ0v) is 13.3. The molecule has 1 heterocycles. The van der Waals surface area contributed by atoms with Gasteiger partial charge >= 0.3 is 6.03 Å². The maximum Gasteiger partial charge on any atom is 0.315 e. The third-order valence-corrected chi connectivity index (χ3v) is 3.47. The number of benzene rings is 1. The molecule has 1 aromatic heterocycles. The minimum Gasteiger partial charge on any atom is -0.387 e. The third-order valence-electron chi connectivity index (χ3n) is 3.16. The number of hydrogen-bond acceptors (Lipinski definition) is 3. The molecule has 0 spiro atoms. The van der Waals surface area contributed by atoms with Gasteiger partial charge in [-0.2, -0.15) is 0 Å². The van der Waals surface area contributed by atoms with E-state index in [1.807, 2.05) is 19.1 Å². The van der Waals surface area contributed by atoms with Crippen molar-refractivity contribution in [3.63, 3.8) is 0 Å². The molecule has 0 bridgehead atoms. The SMILES string of the molecule is Cc1cccc(CNC(=O)NC[C@@H](O)c2ccc(Cl)c(F)c2)n1. The lowest BCUT2D eigenvalue weighted by Gasteiger charge is -2.13. The molecule has 3 N–H and O–H groups in total. The highest BCUT2D eigenvalue weighted by molar-refractivity contribution is 6.30. The summed E-state index contributed by atoms with van der Waals surface area (Å²) in [5.74, 6) is -0.613. The van der Waals surface area contributed by atoms with Crippen LogP contribution in [-0.2, 0) is 6.54 Å². The number of halogens is 2. The van der Waals surface area contributed by atoms with Crippen LogP contribution >= 0.6 is 11.6 Å². The predicted octanol–water partition coefficient (Wildman–Crippen LogP) is 2.72. The topological polar surface area (TPSA) is 74.2 Å². The van der Waals surface area contributed by atoms with Crippen molar-refractivity contribution < 1.29 is 14.3 Å². The van der Waals surface area contributed by atoms with Crippen LogP contribution in [0.5, 0.6) is 0 Å². The normalized spacial score (nSPS) is 11.8. The van der Waals surface area contributed by atoms with Crippen LogP contribution < -0.4 is 10.6 Å². The summed E-state index contributed by atoms with van der Waals surface area (Å²) in [5.41, 5.74) is 1.94. The summed E-state index contributed by atoms with van der Waals surface area (Å²) >= 11 is 5.58. The van der Waals surface area contributed by atoms with Gasteiger partial charge in [0.1, 0.15) is 5.82 Å². The Morgan fingerprint density at radius 3 is 2.83 bits per heavy atom. The molecule has 0 fully saturated rings. The predicted molar refractivity (Wildman–Crippen MR) is 85.6 cm³/mol. The van der Waals surface area contributed by atoms with Crippen molar-refractivity contribution in [3.8, 4) is 0 Å². The molecule has 0 aliphatic rings. The first-order valence-corrected chi connectivity index (χ1v) is 7.41. The lowest BCUT2D eigenvalue weighted by Crippen LogP contribution is -2.37. The molecule has 0 saturated carbocycles. The average molecular weight is 338 g/mol. The van der Waals surface area contributed by atoms with Crippen LogP contribution in [0, 0.1) is 12.7 Å². The Kier molecular flexibility index (Phi) is 5.90. The van der Waals surface area contributed by atoms with Gasteiger partial charge in [-0.1, -0.05) is 23.7 Å². The number of rotatable bonds is 5. The first-order valence-electron chi connectivity index (χ1n) is 7.03. The van der Waals surface area contributed by atoms with Gasteiger partial charge in [-0.25, -0.2) is 9.18 Å². The highest BCUT2D eigenvalue weighted by Crippen LogP contribution is 2.19. The highest BCUT2D eigenvalue weighted by Gasteiger charge is 2.11. The monoisotopic (exact) mass is 337 g/mol. The zero-order valence-electron chi connectivity index (χ0n) is 12.5. The second-order valence-electron chi connectivity index (χ2n) is 5.02. The van der Waals surface area contributed by atoms with Gasteiger partial charge in [0, 0.05) is 12.2 Å². The van der Waals surface area contributed by atoms with Gasteiger partial charge in [0.25, 0.3) is 0 Å². The van der Waals surface area contributed by atoms with E-state index in [4.69, 9.17) is 11.6 Å². The van der Waals surface area contributed by atoms with Gasteiger partial charge < -0.3 is 15.7 Å². The number of urea groups is 1. The Labute approximate surface area is 138 Å². The highest BCUT2D eigenvalue weighted by atomic mass is 35.5. The molecule has 2 aromatic rings. The van der Waals surface area contributed by atoms with Crippen LogP contribution in [0.1, 0.15) is 23.1 Å². The van der Waals surface area contributed by atoms with Crippen molar-refractivity contribution in [1.82, 2.24) is 15.6 Å². The van der Waals surface area contributed by atoms with Gasteiger partial charge in [-0.15, -0.1) is 0 Å². The molecule has 0 unspecified atom stereocenters. The second-order valence-corrected chi connectivity index (χ2v) is 5.43. The Bertz CT molecular complexity index is 697. The molecule has 0 aliphatic carbocycles. The molecule has 0 saturated heterocycles. The lowest BCUT2D eigenvalue weighted by atomic mass is 10.1. The van der Waals surface area contributed by atoms with Crippen LogP contribution in [0.4, 0.5) is 9.18 Å². The Hall–Kier alpha value is -2.18. The number of amides is 2. The molecule has 2 amide bonds. The first kappa shape index (κ1) is 17.2. The summed E-state index contributed by atoms with van der Waals surface area (Å²) in [6.45, 7) is 2.10. The summed E-state index contributed by atoms with van der Waals surface area (Å²) in [6.07, 6.45) is -1.02. The van der Waals surface area contributed by atoms with E-state index >= 15 is 0 Å². The molecule has 1 atom stereocenters. The van der Waals surface area contributed by atoms with E-state index in [1.165, 1.54) is 12.1 Å². The van der Waals surface area contributed by atoms with E-state index in [1.54, 1.807) is 6.07 Å². The summed E-state index contributed by atoms with van der Waals surface area (Å²) in [6, 6.07) is 9.09. The maximum absolute atomic E-state index is 13.3. The Balaban J connectivity index is 1.80. The number of aromatic nitrogens is 1. The number of aliphatic hydroxyl groups excluding tert-OH is 1. The lowest BCUT2D eigenvalue weighted by molar-refractivity contribution is 0.172. The van der Waals surface area contributed by atoms with E-state index in [9.17, 15) is 14.3 Å². The van der Waals surface area contributed by atoms with Gasteiger partial charge in [0.2, 0.25) is 0 Å². The van der Waals surface area contributed by atoms with Crippen molar-refractivity contribution in [1.29, 1.82) is 0 Å². The number of nitrogens with zero attached hydrogens (tertiary/aromatic N) is 1. The minimum absolute atomic E-state index is 0.0164. The summed E-state index contributed by atoms with van der Waals surface area (Å²) < 4.78 is 13.3. The summed E-state index contributed by atoms with van der Waals surface area (Å²) in [7, 11) is 0. The Morgan fingerprint density at radius 1 is 1.35 bits per heavy atom. The van der Waals surface area contributed by atoms with Crippen LogP contribution in [0.2, 0.25) is 5.02 Å². The maximum atomic E-state index is 13.3. The van der Waals surface area contributed by atoms with Crippen LogP contribution in [0.15, 0.2) is 36.4 Å². The summed E-state index contributed by atoms with van der Waals surface area (Å²) in [4.78, 5) is 16.0. The van der Waals surface area contributed by atoms with Crippen LogP contribution in [0.3, 0.4) is 0 Å². The van der Waals surface area contributed by atoms with Gasteiger partial charge in [-0.3, -0.25) is 4.98 Å². The van der Waals surface area contributed by atoms with Crippen molar-refractivity contribution in [3.05, 3.63) is 64.2 Å². The molecule has 1 aromatic carbocycles. The van der Waals surface area contributed by atoms with Gasteiger partial charge in [0.05, 0.1) is 23.4 Å². The first-order chi connectivity index (χ1) is 11.0. The van der Waals surface area contributed by atoms with Crippen molar-refractivity contribution in [2.24, 2.45) is 0 Å². The van der Waals surface area contributed by atoms with E-state index in [-0.39, 0.29) is 18.1 Å². The summed E-state index contributed by atoms with van der Waals surface area (Å²) in [5, 5.41) is 15.1. The number of aliphatic hydroxyl groups is 1.